The molecule has 2 aromatic rings. The zero-order valence-electron chi connectivity index (χ0n) is 8.58. The van der Waals surface area contributed by atoms with Gasteiger partial charge in [0.15, 0.2) is 0 Å². The lowest BCUT2D eigenvalue weighted by atomic mass is 10.3. The van der Waals surface area contributed by atoms with Crippen LogP contribution in [0.3, 0.4) is 0 Å². The summed E-state index contributed by atoms with van der Waals surface area (Å²) >= 11 is 0. The standard InChI is InChI=1S/C10H9N3O3/c1-2-15-10(14)9-13-12-8(16-9)7-5-3-4-6-11-7/h3-6H,2H2,1H3. The van der Waals surface area contributed by atoms with E-state index in [2.05, 4.69) is 15.2 Å². The average Bonchev–Trinajstić information content (AvgIpc) is 2.80. The summed E-state index contributed by atoms with van der Waals surface area (Å²) in [5.41, 5.74) is 0.519. The summed E-state index contributed by atoms with van der Waals surface area (Å²) in [6, 6.07) is 5.27. The van der Waals surface area contributed by atoms with Crippen LogP contribution in [0, 0.1) is 0 Å². The van der Waals surface area contributed by atoms with E-state index >= 15 is 0 Å². The highest BCUT2D eigenvalue weighted by molar-refractivity contribution is 5.84. The van der Waals surface area contributed by atoms with Crippen molar-refractivity contribution in [2.24, 2.45) is 0 Å². The molecule has 0 aliphatic heterocycles. The molecule has 2 rings (SSSR count). The van der Waals surface area contributed by atoms with Crippen LogP contribution >= 0.6 is 0 Å². The van der Waals surface area contributed by atoms with Crippen molar-refractivity contribution >= 4 is 5.97 Å². The van der Waals surface area contributed by atoms with Crippen LogP contribution in [0.4, 0.5) is 0 Å². The highest BCUT2D eigenvalue weighted by Crippen LogP contribution is 2.14. The topological polar surface area (TPSA) is 78.1 Å². The first-order chi connectivity index (χ1) is 7.81. The Morgan fingerprint density at radius 1 is 1.44 bits per heavy atom. The fraction of sp³-hybridized carbons (Fsp3) is 0.200. The Morgan fingerprint density at radius 3 is 3.00 bits per heavy atom. The van der Waals surface area contributed by atoms with Gasteiger partial charge in [-0.2, -0.15) is 0 Å². The summed E-state index contributed by atoms with van der Waals surface area (Å²) in [5.74, 6) is -0.594. The van der Waals surface area contributed by atoms with E-state index in [9.17, 15) is 4.79 Å². The van der Waals surface area contributed by atoms with Crippen LogP contribution in [0.25, 0.3) is 11.6 Å². The summed E-state index contributed by atoms with van der Waals surface area (Å²) in [7, 11) is 0. The minimum Gasteiger partial charge on any atom is -0.459 e. The van der Waals surface area contributed by atoms with Crippen molar-refractivity contribution in [1.82, 2.24) is 15.2 Å². The Bertz CT molecular complexity index is 481. The van der Waals surface area contributed by atoms with Crippen LogP contribution in [0.1, 0.15) is 17.6 Å². The quantitative estimate of drug-likeness (QED) is 0.724. The van der Waals surface area contributed by atoms with Crippen LogP contribution in [0.5, 0.6) is 0 Å². The Kier molecular flexibility index (Phi) is 2.90. The van der Waals surface area contributed by atoms with Gasteiger partial charge >= 0.3 is 11.9 Å². The minimum absolute atomic E-state index is 0.164. The Labute approximate surface area is 91.3 Å². The average molecular weight is 219 g/mol. The van der Waals surface area contributed by atoms with E-state index in [1.807, 2.05) is 0 Å². The molecule has 0 bridgehead atoms. The fourth-order valence-corrected chi connectivity index (χ4v) is 1.09. The molecule has 0 atom stereocenters. The third kappa shape index (κ3) is 2.05. The molecule has 6 nitrogen and oxygen atoms in total. The minimum atomic E-state index is -0.628. The van der Waals surface area contributed by atoms with Crippen molar-refractivity contribution < 1.29 is 13.9 Å². The van der Waals surface area contributed by atoms with Gasteiger partial charge in [-0.25, -0.2) is 4.79 Å². The number of aromatic nitrogens is 3. The SMILES string of the molecule is CCOC(=O)c1nnc(-c2ccccn2)o1. The Morgan fingerprint density at radius 2 is 2.31 bits per heavy atom. The molecular formula is C10H9N3O3. The van der Waals surface area contributed by atoms with Crippen molar-refractivity contribution in [2.75, 3.05) is 6.61 Å². The van der Waals surface area contributed by atoms with E-state index < -0.39 is 5.97 Å². The molecule has 0 spiro atoms. The molecule has 0 aliphatic carbocycles. The maximum Gasteiger partial charge on any atom is 0.396 e. The van der Waals surface area contributed by atoms with Crippen LogP contribution in [-0.4, -0.2) is 27.8 Å². The van der Waals surface area contributed by atoms with Crippen molar-refractivity contribution in [3.63, 3.8) is 0 Å². The van der Waals surface area contributed by atoms with Crippen molar-refractivity contribution in [3.8, 4) is 11.6 Å². The van der Waals surface area contributed by atoms with E-state index in [0.29, 0.717) is 5.69 Å². The largest absolute Gasteiger partial charge is 0.459 e. The van der Waals surface area contributed by atoms with E-state index in [0.717, 1.165) is 0 Å². The molecule has 0 radical (unpaired) electrons. The molecule has 16 heavy (non-hydrogen) atoms. The Balaban J connectivity index is 2.23. The molecule has 0 aliphatic rings. The van der Waals surface area contributed by atoms with Gasteiger partial charge in [0.2, 0.25) is 0 Å². The van der Waals surface area contributed by atoms with Crippen molar-refractivity contribution in [1.29, 1.82) is 0 Å². The van der Waals surface area contributed by atoms with Crippen LogP contribution in [0.15, 0.2) is 28.8 Å². The summed E-state index contributed by atoms with van der Waals surface area (Å²) < 4.78 is 9.85. The first kappa shape index (κ1) is 10.3. The Hall–Kier alpha value is -2.24. The number of hydrogen-bond donors (Lipinski definition) is 0. The van der Waals surface area contributed by atoms with Gasteiger partial charge in [0.1, 0.15) is 5.69 Å². The molecule has 0 saturated carbocycles. The summed E-state index contributed by atoms with van der Waals surface area (Å²) in [6.45, 7) is 1.97. The van der Waals surface area contributed by atoms with Crippen LogP contribution < -0.4 is 0 Å². The van der Waals surface area contributed by atoms with Crippen molar-refractivity contribution in [3.05, 3.63) is 30.3 Å². The summed E-state index contributed by atoms with van der Waals surface area (Å²) in [4.78, 5) is 15.3. The smallest absolute Gasteiger partial charge is 0.396 e. The van der Waals surface area contributed by atoms with E-state index in [-0.39, 0.29) is 18.4 Å². The third-order valence-electron chi connectivity index (χ3n) is 1.76. The normalized spacial score (nSPS) is 10.1. The predicted molar refractivity (Wildman–Crippen MR) is 53.5 cm³/mol. The van der Waals surface area contributed by atoms with E-state index in [4.69, 9.17) is 9.15 Å². The lowest BCUT2D eigenvalue weighted by Gasteiger charge is -1.94. The number of carbonyl (C=O) groups is 1. The van der Waals surface area contributed by atoms with Gasteiger partial charge in [-0.05, 0) is 19.1 Å². The maximum absolute atomic E-state index is 11.3. The number of rotatable bonds is 3. The van der Waals surface area contributed by atoms with Gasteiger partial charge in [-0.1, -0.05) is 6.07 Å². The number of hydrogen-bond acceptors (Lipinski definition) is 6. The zero-order valence-corrected chi connectivity index (χ0v) is 8.58. The zero-order chi connectivity index (χ0) is 11.4. The van der Waals surface area contributed by atoms with Gasteiger partial charge < -0.3 is 9.15 Å². The molecule has 0 amide bonds. The molecule has 6 heteroatoms. The summed E-state index contributed by atoms with van der Waals surface area (Å²) in [6.07, 6.45) is 1.60. The number of ether oxygens (including phenoxy) is 1. The number of carbonyl (C=O) groups excluding carboxylic acids is 1. The second kappa shape index (κ2) is 4.52. The van der Waals surface area contributed by atoms with E-state index in [1.54, 1.807) is 31.3 Å². The van der Waals surface area contributed by atoms with Crippen LogP contribution in [-0.2, 0) is 4.74 Å². The number of nitrogens with zero attached hydrogens (tertiary/aromatic N) is 3. The third-order valence-corrected chi connectivity index (χ3v) is 1.76. The first-order valence-corrected chi connectivity index (χ1v) is 4.73. The predicted octanol–water partition coefficient (Wildman–Crippen LogP) is 1.31. The number of esters is 1. The second-order valence-electron chi connectivity index (χ2n) is 2.85. The maximum atomic E-state index is 11.3. The molecular weight excluding hydrogens is 210 g/mol. The lowest BCUT2D eigenvalue weighted by Crippen LogP contribution is -2.04. The first-order valence-electron chi connectivity index (χ1n) is 4.73. The second-order valence-corrected chi connectivity index (χ2v) is 2.85. The van der Waals surface area contributed by atoms with Gasteiger partial charge in [0.25, 0.3) is 5.89 Å². The molecule has 0 fully saturated rings. The fourth-order valence-electron chi connectivity index (χ4n) is 1.09. The molecule has 0 aromatic carbocycles. The highest BCUT2D eigenvalue weighted by Gasteiger charge is 2.16. The molecule has 82 valence electrons. The lowest BCUT2D eigenvalue weighted by molar-refractivity contribution is 0.0481. The molecule has 0 saturated heterocycles. The van der Waals surface area contributed by atoms with Gasteiger partial charge in [0, 0.05) is 6.20 Å². The number of pyridine rings is 1. The highest BCUT2D eigenvalue weighted by atomic mass is 16.5. The van der Waals surface area contributed by atoms with Gasteiger partial charge in [0.05, 0.1) is 6.61 Å². The molecule has 2 heterocycles. The molecule has 0 unspecified atom stereocenters. The van der Waals surface area contributed by atoms with Gasteiger partial charge in [-0.3, -0.25) is 4.98 Å². The molecule has 2 aromatic heterocycles. The van der Waals surface area contributed by atoms with Crippen LogP contribution in [0.2, 0.25) is 0 Å². The summed E-state index contributed by atoms with van der Waals surface area (Å²) in [5, 5.41) is 7.29. The van der Waals surface area contributed by atoms with Crippen molar-refractivity contribution in [2.45, 2.75) is 6.92 Å². The van der Waals surface area contributed by atoms with E-state index in [1.165, 1.54) is 0 Å². The monoisotopic (exact) mass is 219 g/mol. The van der Waals surface area contributed by atoms with Gasteiger partial charge in [-0.15, -0.1) is 10.2 Å². The molecule has 0 N–H and O–H groups in total.